The summed E-state index contributed by atoms with van der Waals surface area (Å²) in [5.74, 6) is -0.677. The molecule has 1 atom stereocenters. The van der Waals surface area contributed by atoms with Crippen LogP contribution in [0.1, 0.15) is 25.7 Å². The van der Waals surface area contributed by atoms with Gasteiger partial charge in [0.2, 0.25) is 0 Å². The Balaban J connectivity index is 1.95. The van der Waals surface area contributed by atoms with Gasteiger partial charge < -0.3 is 10.4 Å². The van der Waals surface area contributed by atoms with Gasteiger partial charge in [-0.15, -0.1) is 0 Å². The van der Waals surface area contributed by atoms with E-state index in [0.29, 0.717) is 6.04 Å². The monoisotopic (exact) mass is 198 g/mol. The molecule has 2 N–H and O–H groups in total. The van der Waals surface area contributed by atoms with Crippen molar-refractivity contribution in [3.63, 3.8) is 0 Å². The lowest BCUT2D eigenvalue weighted by atomic mass is 10.1. The lowest BCUT2D eigenvalue weighted by Crippen LogP contribution is -2.42. The highest BCUT2D eigenvalue weighted by molar-refractivity contribution is 5.67. The zero-order valence-electron chi connectivity index (χ0n) is 8.41. The molecule has 80 valence electrons. The van der Waals surface area contributed by atoms with Crippen LogP contribution in [-0.2, 0) is 4.79 Å². The molecule has 4 nitrogen and oxygen atoms in total. The smallest absolute Gasteiger partial charge is 0.304 e. The molecule has 1 unspecified atom stereocenters. The summed E-state index contributed by atoms with van der Waals surface area (Å²) in [5.41, 5.74) is 0. The molecule has 0 spiro atoms. The van der Waals surface area contributed by atoms with Crippen LogP contribution in [0.3, 0.4) is 0 Å². The molecule has 1 aliphatic heterocycles. The number of rotatable bonds is 3. The topological polar surface area (TPSA) is 52.6 Å². The first-order chi connectivity index (χ1) is 6.77. The Labute approximate surface area is 84.3 Å². The van der Waals surface area contributed by atoms with Crippen molar-refractivity contribution in [1.29, 1.82) is 0 Å². The van der Waals surface area contributed by atoms with E-state index in [2.05, 4.69) is 10.2 Å². The van der Waals surface area contributed by atoms with Gasteiger partial charge in [-0.25, -0.2) is 0 Å². The fraction of sp³-hybridized carbons (Fsp3) is 0.900. The maximum Gasteiger partial charge on any atom is 0.304 e. The quantitative estimate of drug-likeness (QED) is 0.684. The zero-order valence-corrected chi connectivity index (χ0v) is 8.41. The van der Waals surface area contributed by atoms with Crippen molar-refractivity contribution >= 4 is 5.97 Å². The van der Waals surface area contributed by atoms with E-state index in [0.717, 1.165) is 26.1 Å². The summed E-state index contributed by atoms with van der Waals surface area (Å²) in [4.78, 5) is 13.1. The molecule has 0 aromatic rings. The third-order valence-corrected chi connectivity index (χ3v) is 3.04. The van der Waals surface area contributed by atoms with E-state index in [1.165, 1.54) is 12.8 Å². The third-order valence-electron chi connectivity index (χ3n) is 3.04. The van der Waals surface area contributed by atoms with E-state index in [1.807, 2.05) is 0 Å². The van der Waals surface area contributed by atoms with Gasteiger partial charge in [-0.3, -0.25) is 9.69 Å². The summed E-state index contributed by atoms with van der Waals surface area (Å²) in [6, 6.07) is 0.891. The lowest BCUT2D eigenvalue weighted by molar-refractivity contribution is -0.138. The highest BCUT2D eigenvalue weighted by atomic mass is 16.4. The summed E-state index contributed by atoms with van der Waals surface area (Å²) in [5, 5.41) is 12.1. The number of hydrogen-bond donors (Lipinski definition) is 2. The second-order valence-corrected chi connectivity index (χ2v) is 4.28. The van der Waals surface area contributed by atoms with Gasteiger partial charge >= 0.3 is 5.97 Å². The van der Waals surface area contributed by atoms with E-state index in [9.17, 15) is 4.79 Å². The van der Waals surface area contributed by atoms with Gasteiger partial charge in [0.1, 0.15) is 0 Å². The molecule has 4 heteroatoms. The predicted octanol–water partition coefficient (Wildman–Crippen LogP) is 0.287. The van der Waals surface area contributed by atoms with Gasteiger partial charge in [0, 0.05) is 18.6 Å². The highest BCUT2D eigenvalue weighted by Crippen LogP contribution is 2.30. The van der Waals surface area contributed by atoms with Crippen LogP contribution >= 0.6 is 0 Å². The van der Waals surface area contributed by atoms with Gasteiger partial charge in [-0.05, 0) is 32.4 Å². The first kappa shape index (κ1) is 9.93. The largest absolute Gasteiger partial charge is 0.481 e. The molecule has 1 heterocycles. The minimum Gasteiger partial charge on any atom is -0.481 e. The van der Waals surface area contributed by atoms with E-state index in [1.54, 1.807) is 0 Å². The Bertz CT molecular complexity index is 216. The summed E-state index contributed by atoms with van der Waals surface area (Å²) in [7, 11) is 0. The van der Waals surface area contributed by atoms with Crippen molar-refractivity contribution in [2.75, 3.05) is 19.6 Å². The number of carboxylic acid groups (broad SMARTS) is 1. The minimum absolute atomic E-state index is 0.211. The van der Waals surface area contributed by atoms with Crippen molar-refractivity contribution in [2.24, 2.45) is 0 Å². The third kappa shape index (κ3) is 2.45. The minimum atomic E-state index is -0.677. The molecule has 14 heavy (non-hydrogen) atoms. The molecule has 1 aliphatic carbocycles. The second kappa shape index (κ2) is 4.28. The number of aliphatic carboxylic acids is 1. The van der Waals surface area contributed by atoms with E-state index >= 15 is 0 Å². The average Bonchev–Trinajstić information content (AvgIpc) is 2.87. The Hall–Kier alpha value is -0.610. The molecule has 1 saturated carbocycles. The molecule has 2 fully saturated rings. The molecule has 2 aliphatic rings. The molecule has 0 bridgehead atoms. The highest BCUT2D eigenvalue weighted by Gasteiger charge is 2.35. The number of carboxylic acids is 1. The van der Waals surface area contributed by atoms with Gasteiger partial charge in [0.05, 0.1) is 6.42 Å². The molecule has 0 aromatic heterocycles. The van der Waals surface area contributed by atoms with Crippen molar-refractivity contribution in [3.05, 3.63) is 0 Å². The Morgan fingerprint density at radius 1 is 1.50 bits per heavy atom. The van der Waals surface area contributed by atoms with Gasteiger partial charge in [-0.1, -0.05) is 0 Å². The summed E-state index contributed by atoms with van der Waals surface area (Å²) < 4.78 is 0. The average molecular weight is 198 g/mol. The lowest BCUT2D eigenvalue weighted by Gasteiger charge is -2.28. The second-order valence-electron chi connectivity index (χ2n) is 4.28. The summed E-state index contributed by atoms with van der Waals surface area (Å²) >= 11 is 0. The van der Waals surface area contributed by atoms with Crippen LogP contribution in [0, 0.1) is 0 Å². The predicted molar refractivity (Wildman–Crippen MR) is 53.3 cm³/mol. The fourth-order valence-corrected chi connectivity index (χ4v) is 2.23. The van der Waals surface area contributed by atoms with Crippen LogP contribution in [0.15, 0.2) is 0 Å². The van der Waals surface area contributed by atoms with Crippen LogP contribution < -0.4 is 5.32 Å². The number of hydrogen-bond acceptors (Lipinski definition) is 3. The van der Waals surface area contributed by atoms with Gasteiger partial charge in [0.25, 0.3) is 0 Å². The Kier molecular flexibility index (Phi) is 3.03. The van der Waals surface area contributed by atoms with Crippen molar-refractivity contribution in [3.8, 4) is 0 Å². The van der Waals surface area contributed by atoms with Crippen LogP contribution in [0.25, 0.3) is 0 Å². The van der Waals surface area contributed by atoms with Crippen molar-refractivity contribution in [2.45, 2.75) is 37.8 Å². The van der Waals surface area contributed by atoms with E-state index in [-0.39, 0.29) is 12.5 Å². The van der Waals surface area contributed by atoms with Crippen LogP contribution in [0.4, 0.5) is 0 Å². The van der Waals surface area contributed by atoms with E-state index in [4.69, 9.17) is 5.11 Å². The molecular weight excluding hydrogens is 180 g/mol. The Morgan fingerprint density at radius 3 is 2.93 bits per heavy atom. The molecular formula is C10H18N2O2. The summed E-state index contributed by atoms with van der Waals surface area (Å²) in [6.45, 7) is 2.93. The first-order valence-corrected chi connectivity index (χ1v) is 5.45. The zero-order chi connectivity index (χ0) is 9.97. The molecule has 0 aromatic carbocycles. The maximum absolute atomic E-state index is 10.7. The van der Waals surface area contributed by atoms with Crippen molar-refractivity contribution < 1.29 is 9.90 Å². The molecule has 1 saturated heterocycles. The SMILES string of the molecule is O=C(O)CC1CNCCCN1C1CC1. The maximum atomic E-state index is 10.7. The van der Waals surface area contributed by atoms with Crippen LogP contribution in [-0.4, -0.2) is 47.7 Å². The first-order valence-electron chi connectivity index (χ1n) is 5.45. The molecule has 0 amide bonds. The molecule has 0 radical (unpaired) electrons. The fourth-order valence-electron chi connectivity index (χ4n) is 2.23. The van der Waals surface area contributed by atoms with Gasteiger partial charge in [-0.2, -0.15) is 0 Å². The normalized spacial score (nSPS) is 29.9. The van der Waals surface area contributed by atoms with Crippen LogP contribution in [0.2, 0.25) is 0 Å². The standard InChI is InChI=1S/C10H18N2O2/c13-10(14)6-9-7-11-4-1-5-12(9)8-2-3-8/h8-9,11H,1-7H2,(H,13,14). The number of nitrogens with zero attached hydrogens (tertiary/aromatic N) is 1. The number of nitrogens with one attached hydrogen (secondary N) is 1. The summed E-state index contributed by atoms with van der Waals surface area (Å²) in [6.07, 6.45) is 3.95. The molecule has 2 rings (SSSR count). The Morgan fingerprint density at radius 2 is 2.29 bits per heavy atom. The van der Waals surface area contributed by atoms with Gasteiger partial charge in [0.15, 0.2) is 0 Å². The van der Waals surface area contributed by atoms with Crippen LogP contribution in [0.5, 0.6) is 0 Å². The number of carbonyl (C=O) groups is 1. The van der Waals surface area contributed by atoms with Crippen molar-refractivity contribution in [1.82, 2.24) is 10.2 Å². The van der Waals surface area contributed by atoms with E-state index < -0.39 is 5.97 Å².